The van der Waals surface area contributed by atoms with Crippen molar-refractivity contribution in [3.8, 4) is 0 Å². The van der Waals surface area contributed by atoms with E-state index in [2.05, 4.69) is 13.8 Å². The van der Waals surface area contributed by atoms with Crippen molar-refractivity contribution in [3.63, 3.8) is 0 Å². The standard InChI is InChI=1S/C20H31N3O3S/c1-3-15(2)16-5-8-19(9-6-16)27(25,26)23-12-10-22(11-13-23)20(24)17-4-7-18(21)14-17/h5-6,8-9,15,17-18H,3-4,7,10-14,21H2,1-2H3. The second kappa shape index (κ2) is 8.29. The Bertz CT molecular complexity index is 755. The van der Waals surface area contributed by atoms with Gasteiger partial charge in [-0.15, -0.1) is 0 Å². The van der Waals surface area contributed by atoms with Gasteiger partial charge in [0.1, 0.15) is 0 Å². The van der Waals surface area contributed by atoms with Gasteiger partial charge in [-0.05, 0) is 49.3 Å². The van der Waals surface area contributed by atoms with E-state index in [0.29, 0.717) is 37.0 Å². The summed E-state index contributed by atoms with van der Waals surface area (Å²) in [6.45, 7) is 5.86. The molecule has 6 nitrogen and oxygen atoms in total. The van der Waals surface area contributed by atoms with E-state index < -0.39 is 10.0 Å². The van der Waals surface area contributed by atoms with Crippen molar-refractivity contribution in [1.29, 1.82) is 0 Å². The molecule has 1 amide bonds. The highest BCUT2D eigenvalue weighted by Gasteiger charge is 2.35. The fourth-order valence-electron chi connectivity index (χ4n) is 4.00. The zero-order valence-corrected chi connectivity index (χ0v) is 17.1. The first-order valence-corrected chi connectivity index (χ1v) is 11.4. The van der Waals surface area contributed by atoms with Crippen molar-refractivity contribution in [3.05, 3.63) is 29.8 Å². The minimum Gasteiger partial charge on any atom is -0.340 e. The van der Waals surface area contributed by atoms with Crippen LogP contribution in [-0.4, -0.2) is 55.8 Å². The summed E-state index contributed by atoms with van der Waals surface area (Å²) >= 11 is 0. The van der Waals surface area contributed by atoms with Crippen LogP contribution in [0.5, 0.6) is 0 Å². The van der Waals surface area contributed by atoms with Crippen molar-refractivity contribution in [2.45, 2.75) is 56.4 Å². The third-order valence-electron chi connectivity index (χ3n) is 6.07. The predicted octanol–water partition coefficient (Wildman–Crippen LogP) is 2.16. The molecule has 1 aliphatic heterocycles. The van der Waals surface area contributed by atoms with Gasteiger partial charge >= 0.3 is 0 Å². The number of piperazine rings is 1. The van der Waals surface area contributed by atoms with E-state index >= 15 is 0 Å². The minimum absolute atomic E-state index is 0.0104. The quantitative estimate of drug-likeness (QED) is 0.831. The van der Waals surface area contributed by atoms with Gasteiger partial charge in [-0.3, -0.25) is 4.79 Å². The van der Waals surface area contributed by atoms with Crippen LogP contribution in [0, 0.1) is 5.92 Å². The third kappa shape index (κ3) is 4.36. The number of benzene rings is 1. The summed E-state index contributed by atoms with van der Waals surface area (Å²) < 4.78 is 27.3. The molecule has 1 aliphatic carbocycles. The topological polar surface area (TPSA) is 83.7 Å². The average Bonchev–Trinajstić information content (AvgIpc) is 3.13. The molecule has 0 bridgehead atoms. The summed E-state index contributed by atoms with van der Waals surface area (Å²) in [7, 11) is -3.51. The first-order chi connectivity index (χ1) is 12.8. The molecule has 2 fully saturated rings. The Morgan fingerprint density at radius 1 is 1.15 bits per heavy atom. The normalized spacial score (nSPS) is 25.5. The molecule has 3 unspecified atom stereocenters. The molecular weight excluding hydrogens is 362 g/mol. The largest absolute Gasteiger partial charge is 0.340 e. The molecule has 3 rings (SSSR count). The number of nitrogens with zero attached hydrogens (tertiary/aromatic N) is 2. The van der Waals surface area contributed by atoms with Crippen LogP contribution in [0.25, 0.3) is 0 Å². The van der Waals surface area contributed by atoms with Gasteiger partial charge in [0.05, 0.1) is 4.90 Å². The maximum atomic E-state index is 12.9. The van der Waals surface area contributed by atoms with Crippen molar-refractivity contribution < 1.29 is 13.2 Å². The van der Waals surface area contributed by atoms with Gasteiger partial charge < -0.3 is 10.6 Å². The molecule has 1 heterocycles. The molecule has 3 atom stereocenters. The Balaban J connectivity index is 1.62. The lowest BCUT2D eigenvalue weighted by atomic mass is 9.99. The summed E-state index contributed by atoms with van der Waals surface area (Å²) in [5.74, 6) is 0.564. The first kappa shape index (κ1) is 20.3. The van der Waals surface area contributed by atoms with E-state index in [1.54, 1.807) is 17.0 Å². The number of carbonyl (C=O) groups excluding carboxylic acids is 1. The van der Waals surface area contributed by atoms with Crippen molar-refractivity contribution in [1.82, 2.24) is 9.21 Å². The van der Waals surface area contributed by atoms with E-state index in [0.717, 1.165) is 31.2 Å². The molecule has 0 radical (unpaired) electrons. The molecule has 27 heavy (non-hydrogen) atoms. The Labute approximate surface area is 162 Å². The summed E-state index contributed by atoms with van der Waals surface area (Å²) in [6.07, 6.45) is 3.52. The zero-order valence-electron chi connectivity index (χ0n) is 16.3. The number of rotatable bonds is 5. The zero-order chi connectivity index (χ0) is 19.6. The minimum atomic E-state index is -3.51. The van der Waals surface area contributed by atoms with E-state index in [9.17, 15) is 13.2 Å². The van der Waals surface area contributed by atoms with Crippen LogP contribution in [0.4, 0.5) is 0 Å². The van der Waals surface area contributed by atoms with Crippen molar-refractivity contribution in [2.75, 3.05) is 26.2 Å². The third-order valence-corrected chi connectivity index (χ3v) is 7.98. The molecule has 1 saturated heterocycles. The Hall–Kier alpha value is -1.44. The van der Waals surface area contributed by atoms with Gasteiger partial charge in [-0.2, -0.15) is 4.31 Å². The van der Waals surface area contributed by atoms with Gasteiger partial charge in [-0.25, -0.2) is 8.42 Å². The lowest BCUT2D eigenvalue weighted by Gasteiger charge is -2.35. The lowest BCUT2D eigenvalue weighted by Crippen LogP contribution is -2.51. The summed E-state index contributed by atoms with van der Waals surface area (Å²) in [5, 5.41) is 0. The van der Waals surface area contributed by atoms with Gasteiger partial charge in [0.25, 0.3) is 0 Å². The molecular formula is C20H31N3O3S. The monoisotopic (exact) mass is 393 g/mol. The Morgan fingerprint density at radius 3 is 2.30 bits per heavy atom. The lowest BCUT2D eigenvalue weighted by molar-refractivity contribution is -0.136. The molecule has 1 aromatic rings. The highest BCUT2D eigenvalue weighted by Crippen LogP contribution is 2.27. The molecule has 1 aromatic carbocycles. The fourth-order valence-corrected chi connectivity index (χ4v) is 5.42. The predicted molar refractivity (Wildman–Crippen MR) is 106 cm³/mol. The first-order valence-electron chi connectivity index (χ1n) is 9.97. The van der Waals surface area contributed by atoms with Crippen LogP contribution in [0.1, 0.15) is 51.0 Å². The molecule has 7 heteroatoms. The van der Waals surface area contributed by atoms with Crippen molar-refractivity contribution in [2.24, 2.45) is 11.7 Å². The SMILES string of the molecule is CCC(C)c1ccc(S(=O)(=O)N2CCN(C(=O)C3CCC(N)C3)CC2)cc1. The highest BCUT2D eigenvalue weighted by atomic mass is 32.2. The number of nitrogens with two attached hydrogens (primary N) is 1. The molecule has 0 spiro atoms. The van der Waals surface area contributed by atoms with E-state index in [-0.39, 0.29) is 17.9 Å². The summed E-state index contributed by atoms with van der Waals surface area (Å²) in [5.41, 5.74) is 7.07. The van der Waals surface area contributed by atoms with Crippen LogP contribution >= 0.6 is 0 Å². The Kier molecular flexibility index (Phi) is 6.23. The molecule has 0 aromatic heterocycles. The summed E-state index contributed by atoms with van der Waals surface area (Å²) in [4.78, 5) is 14.7. The average molecular weight is 394 g/mol. The van der Waals surface area contributed by atoms with Crippen LogP contribution in [-0.2, 0) is 14.8 Å². The second-order valence-electron chi connectivity index (χ2n) is 7.88. The molecule has 150 valence electrons. The highest BCUT2D eigenvalue weighted by molar-refractivity contribution is 7.89. The van der Waals surface area contributed by atoms with Crippen LogP contribution < -0.4 is 5.73 Å². The smallest absolute Gasteiger partial charge is 0.243 e. The van der Waals surface area contributed by atoms with Gasteiger partial charge in [0.2, 0.25) is 15.9 Å². The van der Waals surface area contributed by atoms with Crippen LogP contribution in [0.3, 0.4) is 0 Å². The maximum Gasteiger partial charge on any atom is 0.243 e. The van der Waals surface area contributed by atoms with E-state index in [1.807, 2.05) is 12.1 Å². The van der Waals surface area contributed by atoms with Crippen molar-refractivity contribution >= 4 is 15.9 Å². The molecule has 1 saturated carbocycles. The molecule has 2 aliphatic rings. The fraction of sp³-hybridized carbons (Fsp3) is 0.650. The number of hydrogen-bond acceptors (Lipinski definition) is 4. The van der Waals surface area contributed by atoms with Gasteiger partial charge in [0.15, 0.2) is 0 Å². The molecule has 2 N–H and O–H groups in total. The van der Waals surface area contributed by atoms with Crippen LogP contribution in [0.2, 0.25) is 0 Å². The number of hydrogen-bond donors (Lipinski definition) is 1. The van der Waals surface area contributed by atoms with Gasteiger partial charge in [0, 0.05) is 38.1 Å². The van der Waals surface area contributed by atoms with E-state index in [1.165, 1.54) is 4.31 Å². The van der Waals surface area contributed by atoms with Gasteiger partial charge in [-0.1, -0.05) is 26.0 Å². The number of amides is 1. The maximum absolute atomic E-state index is 12.9. The Morgan fingerprint density at radius 2 is 1.78 bits per heavy atom. The van der Waals surface area contributed by atoms with E-state index in [4.69, 9.17) is 5.73 Å². The summed E-state index contributed by atoms with van der Waals surface area (Å²) in [6, 6.07) is 7.34. The number of carbonyl (C=O) groups is 1. The van der Waals surface area contributed by atoms with Crippen LogP contribution in [0.15, 0.2) is 29.2 Å². The number of sulfonamides is 1. The second-order valence-corrected chi connectivity index (χ2v) is 9.82.